The molecule has 0 aliphatic carbocycles. The first-order valence-corrected chi connectivity index (χ1v) is 4.66. The Labute approximate surface area is 78.5 Å². The lowest BCUT2D eigenvalue weighted by Gasteiger charge is -2.36. The number of methoxy groups -OCH3 is 1. The van der Waals surface area contributed by atoms with Crippen LogP contribution < -0.4 is 0 Å². The van der Waals surface area contributed by atoms with Gasteiger partial charge in [-0.25, -0.2) is 0 Å². The zero-order chi connectivity index (χ0) is 9.68. The molecule has 2 unspecified atom stereocenters. The molecule has 0 aromatic rings. The molecule has 0 radical (unpaired) electrons. The van der Waals surface area contributed by atoms with Crippen LogP contribution in [0.3, 0.4) is 0 Å². The summed E-state index contributed by atoms with van der Waals surface area (Å²) in [6.45, 7) is 0.803. The van der Waals surface area contributed by atoms with Crippen molar-refractivity contribution >= 4 is 6.41 Å². The third-order valence-corrected chi connectivity index (χ3v) is 2.64. The second-order valence-corrected chi connectivity index (χ2v) is 3.40. The zero-order valence-corrected chi connectivity index (χ0v) is 7.98. The molecule has 2 atom stereocenters. The number of hydrogen-bond donors (Lipinski definition) is 1. The first kappa shape index (κ1) is 10.5. The van der Waals surface area contributed by atoms with Gasteiger partial charge < -0.3 is 14.7 Å². The quantitative estimate of drug-likeness (QED) is 0.630. The van der Waals surface area contributed by atoms with Crippen molar-refractivity contribution < 1.29 is 14.6 Å². The number of piperidine rings is 1. The molecule has 0 aromatic carbocycles. The lowest BCUT2D eigenvalue weighted by atomic mass is 9.98. The Morgan fingerprint density at radius 3 is 2.92 bits per heavy atom. The van der Waals surface area contributed by atoms with Gasteiger partial charge in [-0.15, -0.1) is 0 Å². The summed E-state index contributed by atoms with van der Waals surface area (Å²) in [5, 5.41) is 8.78. The topological polar surface area (TPSA) is 49.8 Å². The average Bonchev–Trinajstić information content (AvgIpc) is 2.19. The molecule has 4 nitrogen and oxygen atoms in total. The number of nitrogens with zero attached hydrogens (tertiary/aromatic N) is 1. The van der Waals surface area contributed by atoms with E-state index in [1.807, 2.05) is 0 Å². The number of aliphatic hydroxyl groups is 1. The molecule has 1 fully saturated rings. The van der Waals surface area contributed by atoms with Crippen LogP contribution in [0.5, 0.6) is 0 Å². The van der Waals surface area contributed by atoms with E-state index in [9.17, 15) is 4.79 Å². The number of aliphatic hydroxyl groups excluding tert-OH is 1. The van der Waals surface area contributed by atoms with Crippen LogP contribution >= 0.6 is 0 Å². The van der Waals surface area contributed by atoms with Crippen LogP contribution in [0, 0.1) is 0 Å². The normalized spacial score (nSPS) is 28.9. The third-order valence-electron chi connectivity index (χ3n) is 2.64. The van der Waals surface area contributed by atoms with E-state index in [-0.39, 0.29) is 18.8 Å². The molecule has 1 heterocycles. The Kier molecular flexibility index (Phi) is 4.18. The number of likely N-dealkylation sites (tertiary alicyclic amines) is 1. The fraction of sp³-hybridized carbons (Fsp3) is 0.889. The molecule has 1 aliphatic heterocycles. The highest BCUT2D eigenvalue weighted by atomic mass is 16.5. The molecule has 1 rings (SSSR count). The second-order valence-electron chi connectivity index (χ2n) is 3.40. The summed E-state index contributed by atoms with van der Waals surface area (Å²) in [7, 11) is 1.67. The Bertz CT molecular complexity index is 163. The molecule has 1 N–H and O–H groups in total. The molecule has 4 heteroatoms. The molecule has 0 saturated carbocycles. The van der Waals surface area contributed by atoms with Crippen molar-refractivity contribution in [3.05, 3.63) is 0 Å². The molecule has 76 valence electrons. The molecule has 0 aromatic heterocycles. The molecule has 0 bridgehead atoms. The average molecular weight is 187 g/mol. The molecule has 1 saturated heterocycles. The summed E-state index contributed by atoms with van der Waals surface area (Å²) >= 11 is 0. The van der Waals surface area contributed by atoms with Crippen LogP contribution in [0.1, 0.15) is 19.3 Å². The van der Waals surface area contributed by atoms with Gasteiger partial charge in [-0.05, 0) is 19.3 Å². The maximum Gasteiger partial charge on any atom is 0.210 e. The van der Waals surface area contributed by atoms with Crippen molar-refractivity contribution in [1.82, 2.24) is 4.90 Å². The number of carbonyl (C=O) groups is 1. The van der Waals surface area contributed by atoms with Gasteiger partial charge in [-0.3, -0.25) is 4.79 Å². The summed E-state index contributed by atoms with van der Waals surface area (Å²) < 4.78 is 5.19. The molecular weight excluding hydrogens is 170 g/mol. The Morgan fingerprint density at radius 2 is 2.38 bits per heavy atom. The van der Waals surface area contributed by atoms with Crippen molar-refractivity contribution in [3.63, 3.8) is 0 Å². The molecule has 1 amide bonds. The lowest BCUT2D eigenvalue weighted by Crippen LogP contribution is -2.45. The number of carbonyl (C=O) groups excluding carboxylic acids is 1. The first-order chi connectivity index (χ1) is 6.31. The fourth-order valence-electron chi connectivity index (χ4n) is 1.80. The van der Waals surface area contributed by atoms with Crippen molar-refractivity contribution in [2.24, 2.45) is 0 Å². The van der Waals surface area contributed by atoms with Crippen LogP contribution in [0.2, 0.25) is 0 Å². The minimum Gasteiger partial charge on any atom is -0.396 e. The number of rotatable bonds is 4. The highest BCUT2D eigenvalue weighted by molar-refractivity contribution is 5.48. The summed E-state index contributed by atoms with van der Waals surface area (Å²) in [6, 6.07) is 0.203. The standard InChI is InChI=1S/C9H17NO3/c1-13-9-3-2-8(4-5-11)10(6-9)7-12/h7-9,11H,2-6H2,1H3. The monoisotopic (exact) mass is 187 g/mol. The van der Waals surface area contributed by atoms with Gasteiger partial charge in [0.2, 0.25) is 6.41 Å². The SMILES string of the molecule is COC1CCC(CCO)N(C=O)C1. The van der Waals surface area contributed by atoms with Gasteiger partial charge in [-0.2, -0.15) is 0 Å². The van der Waals surface area contributed by atoms with Crippen molar-refractivity contribution in [2.45, 2.75) is 31.4 Å². The molecular formula is C9H17NO3. The van der Waals surface area contributed by atoms with Gasteiger partial charge >= 0.3 is 0 Å². The van der Waals surface area contributed by atoms with Crippen LogP contribution in [0.15, 0.2) is 0 Å². The minimum atomic E-state index is 0.145. The maximum absolute atomic E-state index is 10.7. The van der Waals surface area contributed by atoms with E-state index in [0.717, 1.165) is 19.3 Å². The molecule has 1 aliphatic rings. The molecule has 13 heavy (non-hydrogen) atoms. The van der Waals surface area contributed by atoms with Crippen LogP contribution in [0.4, 0.5) is 0 Å². The highest BCUT2D eigenvalue weighted by Gasteiger charge is 2.26. The first-order valence-electron chi connectivity index (χ1n) is 4.66. The van der Waals surface area contributed by atoms with Gasteiger partial charge in [0, 0.05) is 26.3 Å². The van der Waals surface area contributed by atoms with E-state index in [0.29, 0.717) is 13.0 Å². The number of hydrogen-bond acceptors (Lipinski definition) is 3. The van der Waals surface area contributed by atoms with E-state index in [1.165, 1.54) is 0 Å². The van der Waals surface area contributed by atoms with Gasteiger partial charge in [0.15, 0.2) is 0 Å². The fourth-order valence-corrected chi connectivity index (χ4v) is 1.80. The van der Waals surface area contributed by atoms with E-state index < -0.39 is 0 Å². The zero-order valence-electron chi connectivity index (χ0n) is 7.98. The third kappa shape index (κ3) is 2.67. The van der Waals surface area contributed by atoms with Crippen molar-refractivity contribution in [2.75, 3.05) is 20.3 Å². The van der Waals surface area contributed by atoms with Crippen molar-refractivity contribution in [3.8, 4) is 0 Å². The van der Waals surface area contributed by atoms with Crippen LogP contribution in [-0.2, 0) is 9.53 Å². The summed E-state index contributed by atoms with van der Waals surface area (Å²) in [4.78, 5) is 12.4. The van der Waals surface area contributed by atoms with Gasteiger partial charge in [-0.1, -0.05) is 0 Å². The second kappa shape index (κ2) is 5.19. The van der Waals surface area contributed by atoms with Crippen LogP contribution in [-0.4, -0.2) is 48.8 Å². The lowest BCUT2D eigenvalue weighted by molar-refractivity contribution is -0.125. The number of ether oxygens (including phenoxy) is 1. The maximum atomic E-state index is 10.7. The Morgan fingerprint density at radius 1 is 1.62 bits per heavy atom. The van der Waals surface area contributed by atoms with Crippen LogP contribution in [0.25, 0.3) is 0 Å². The Balaban J connectivity index is 2.44. The largest absolute Gasteiger partial charge is 0.396 e. The summed E-state index contributed by atoms with van der Waals surface area (Å²) in [5.41, 5.74) is 0. The van der Waals surface area contributed by atoms with E-state index >= 15 is 0 Å². The van der Waals surface area contributed by atoms with E-state index in [2.05, 4.69) is 0 Å². The predicted octanol–water partition coefficient (Wildman–Crippen LogP) is 0.00460. The predicted molar refractivity (Wildman–Crippen MR) is 48.3 cm³/mol. The molecule has 0 spiro atoms. The highest BCUT2D eigenvalue weighted by Crippen LogP contribution is 2.19. The van der Waals surface area contributed by atoms with Gasteiger partial charge in [0.25, 0.3) is 0 Å². The van der Waals surface area contributed by atoms with E-state index in [4.69, 9.17) is 9.84 Å². The minimum absolute atomic E-state index is 0.145. The van der Waals surface area contributed by atoms with Gasteiger partial charge in [0.1, 0.15) is 0 Å². The smallest absolute Gasteiger partial charge is 0.210 e. The Hall–Kier alpha value is -0.610. The summed E-state index contributed by atoms with van der Waals surface area (Å²) in [6.07, 6.45) is 3.60. The number of amides is 1. The summed E-state index contributed by atoms with van der Waals surface area (Å²) in [5.74, 6) is 0. The van der Waals surface area contributed by atoms with Crippen molar-refractivity contribution in [1.29, 1.82) is 0 Å². The van der Waals surface area contributed by atoms with Gasteiger partial charge in [0.05, 0.1) is 6.10 Å². The van der Waals surface area contributed by atoms with E-state index in [1.54, 1.807) is 12.0 Å².